The SMILES string of the molecule is N#CC1(C#N)CCCCCCCCCCCCCCCCCCCCCCCCCCC1. The van der Waals surface area contributed by atoms with Gasteiger partial charge in [0.05, 0.1) is 12.1 Å². The van der Waals surface area contributed by atoms with Gasteiger partial charge in [0.25, 0.3) is 0 Å². The molecule has 0 aromatic rings. The zero-order valence-corrected chi connectivity index (χ0v) is 21.5. The number of hydrogen-bond donors (Lipinski definition) is 0. The molecule has 1 fully saturated rings. The minimum absolute atomic E-state index is 0.720. The Morgan fingerprint density at radius 1 is 0.281 bits per heavy atom. The van der Waals surface area contributed by atoms with Gasteiger partial charge in [-0.3, -0.25) is 0 Å². The average molecular weight is 443 g/mol. The van der Waals surface area contributed by atoms with E-state index < -0.39 is 5.41 Å². The first-order valence-corrected chi connectivity index (χ1v) is 14.7. The van der Waals surface area contributed by atoms with E-state index in [1.165, 1.54) is 148 Å². The van der Waals surface area contributed by atoms with Crippen LogP contribution in [0.5, 0.6) is 0 Å². The Morgan fingerprint density at radius 3 is 0.594 bits per heavy atom. The lowest BCUT2D eigenvalue weighted by atomic mass is 9.80. The van der Waals surface area contributed by atoms with Crippen LogP contribution in [0.25, 0.3) is 0 Å². The van der Waals surface area contributed by atoms with Crippen molar-refractivity contribution >= 4 is 0 Å². The molecule has 0 saturated heterocycles. The van der Waals surface area contributed by atoms with Crippen LogP contribution in [0.4, 0.5) is 0 Å². The fourth-order valence-electron chi connectivity index (χ4n) is 5.29. The van der Waals surface area contributed by atoms with E-state index in [2.05, 4.69) is 12.1 Å². The molecule has 0 unspecified atom stereocenters. The molecule has 0 bridgehead atoms. The van der Waals surface area contributed by atoms with Crippen LogP contribution in [0, 0.1) is 28.1 Å². The number of rotatable bonds is 0. The van der Waals surface area contributed by atoms with Gasteiger partial charge in [-0.05, 0) is 12.8 Å². The fraction of sp³-hybridized carbons (Fsp3) is 0.933. The molecule has 0 spiro atoms. The molecule has 0 aliphatic heterocycles. The predicted octanol–water partition coefficient (Wildman–Crippen LogP) is 10.6. The molecule has 1 aliphatic rings. The molecule has 0 radical (unpaired) electrons. The van der Waals surface area contributed by atoms with Crippen LogP contribution in [0.3, 0.4) is 0 Å². The van der Waals surface area contributed by atoms with Gasteiger partial charge in [0.2, 0.25) is 0 Å². The van der Waals surface area contributed by atoms with Gasteiger partial charge >= 0.3 is 0 Å². The summed E-state index contributed by atoms with van der Waals surface area (Å²) in [7, 11) is 0. The lowest BCUT2D eigenvalue weighted by molar-refractivity contribution is 0.390. The van der Waals surface area contributed by atoms with Gasteiger partial charge in [0.15, 0.2) is 0 Å². The molecule has 1 rings (SSSR count). The largest absolute Gasteiger partial charge is 0.197 e. The Balaban J connectivity index is 2.26. The maximum Gasteiger partial charge on any atom is 0.143 e. The van der Waals surface area contributed by atoms with Crippen molar-refractivity contribution in [3.8, 4) is 12.1 Å². The van der Waals surface area contributed by atoms with E-state index in [0.717, 1.165) is 25.7 Å². The Labute approximate surface area is 201 Å². The second-order valence-electron chi connectivity index (χ2n) is 10.6. The Morgan fingerprint density at radius 2 is 0.438 bits per heavy atom. The van der Waals surface area contributed by atoms with Crippen LogP contribution < -0.4 is 0 Å². The predicted molar refractivity (Wildman–Crippen MR) is 138 cm³/mol. The molecule has 184 valence electrons. The van der Waals surface area contributed by atoms with Crippen molar-refractivity contribution in [2.45, 2.75) is 173 Å². The van der Waals surface area contributed by atoms with Crippen molar-refractivity contribution in [2.24, 2.45) is 5.41 Å². The Hall–Kier alpha value is -1.02. The van der Waals surface area contributed by atoms with Crippen LogP contribution in [-0.4, -0.2) is 0 Å². The topological polar surface area (TPSA) is 47.6 Å². The summed E-state index contributed by atoms with van der Waals surface area (Å²) in [6.45, 7) is 0. The van der Waals surface area contributed by atoms with Crippen molar-refractivity contribution < 1.29 is 0 Å². The van der Waals surface area contributed by atoms with Gasteiger partial charge in [-0.15, -0.1) is 0 Å². The molecular formula is C30H54N2. The van der Waals surface area contributed by atoms with E-state index in [0.29, 0.717) is 0 Å². The lowest BCUT2D eigenvalue weighted by Gasteiger charge is -2.18. The van der Waals surface area contributed by atoms with Crippen LogP contribution >= 0.6 is 0 Å². The first-order valence-electron chi connectivity index (χ1n) is 14.7. The summed E-state index contributed by atoms with van der Waals surface area (Å²) in [4.78, 5) is 0. The molecular weight excluding hydrogens is 388 g/mol. The van der Waals surface area contributed by atoms with Crippen molar-refractivity contribution in [2.75, 3.05) is 0 Å². The molecule has 0 aromatic carbocycles. The summed E-state index contributed by atoms with van der Waals surface area (Å²) in [5, 5.41) is 19.3. The molecule has 0 amide bonds. The van der Waals surface area contributed by atoms with Gasteiger partial charge < -0.3 is 0 Å². The second-order valence-corrected chi connectivity index (χ2v) is 10.6. The zero-order valence-electron chi connectivity index (χ0n) is 21.5. The number of nitriles is 2. The molecule has 32 heavy (non-hydrogen) atoms. The zero-order chi connectivity index (χ0) is 23.0. The fourth-order valence-corrected chi connectivity index (χ4v) is 5.29. The molecule has 0 N–H and O–H groups in total. The smallest absolute Gasteiger partial charge is 0.143 e. The first-order chi connectivity index (χ1) is 15.8. The Kier molecular flexibility index (Phi) is 19.8. The molecule has 1 saturated carbocycles. The van der Waals surface area contributed by atoms with Gasteiger partial charge in [-0.2, -0.15) is 10.5 Å². The highest BCUT2D eigenvalue weighted by Gasteiger charge is 2.28. The normalized spacial score (nSPS) is 23.6. The van der Waals surface area contributed by atoms with Gasteiger partial charge in [0.1, 0.15) is 5.41 Å². The molecule has 2 heteroatoms. The van der Waals surface area contributed by atoms with E-state index in [9.17, 15) is 10.5 Å². The minimum Gasteiger partial charge on any atom is -0.197 e. The summed E-state index contributed by atoms with van der Waals surface area (Å²) in [5.41, 5.74) is -0.720. The standard InChI is InChI=1S/C30H54N2/c31-28-30(29-32)26-24-22-20-18-16-14-12-10-8-6-4-2-1-3-5-7-9-11-13-15-17-19-21-23-25-27-30/h1-27H2. The number of nitrogens with zero attached hydrogens (tertiary/aromatic N) is 2. The van der Waals surface area contributed by atoms with Gasteiger partial charge in [-0.1, -0.05) is 161 Å². The highest BCUT2D eigenvalue weighted by molar-refractivity contribution is 5.13. The maximum absolute atomic E-state index is 9.65. The average Bonchev–Trinajstić information content (AvgIpc) is 2.81. The summed E-state index contributed by atoms with van der Waals surface area (Å²) in [6.07, 6.45) is 35.4. The quantitative estimate of drug-likeness (QED) is 0.374. The third-order valence-corrected chi connectivity index (χ3v) is 7.64. The van der Waals surface area contributed by atoms with Gasteiger partial charge in [-0.25, -0.2) is 0 Å². The van der Waals surface area contributed by atoms with E-state index in [1.54, 1.807) is 0 Å². The van der Waals surface area contributed by atoms with E-state index in [-0.39, 0.29) is 0 Å². The molecule has 0 aromatic heterocycles. The lowest BCUT2D eigenvalue weighted by Crippen LogP contribution is -2.16. The van der Waals surface area contributed by atoms with Crippen LogP contribution in [0.15, 0.2) is 0 Å². The highest BCUT2D eigenvalue weighted by atomic mass is 14.4. The van der Waals surface area contributed by atoms with E-state index >= 15 is 0 Å². The summed E-state index contributed by atoms with van der Waals surface area (Å²) < 4.78 is 0. The second kappa shape index (κ2) is 21.8. The number of hydrogen-bond acceptors (Lipinski definition) is 2. The molecule has 1 aliphatic carbocycles. The minimum atomic E-state index is -0.720. The van der Waals surface area contributed by atoms with Gasteiger partial charge in [0, 0.05) is 0 Å². The molecule has 0 heterocycles. The van der Waals surface area contributed by atoms with E-state index in [4.69, 9.17) is 0 Å². The molecule has 2 nitrogen and oxygen atoms in total. The van der Waals surface area contributed by atoms with Crippen LogP contribution in [-0.2, 0) is 0 Å². The molecule has 0 atom stereocenters. The third kappa shape index (κ3) is 16.6. The van der Waals surface area contributed by atoms with Crippen LogP contribution in [0.2, 0.25) is 0 Å². The van der Waals surface area contributed by atoms with Crippen molar-refractivity contribution in [1.29, 1.82) is 10.5 Å². The van der Waals surface area contributed by atoms with Crippen molar-refractivity contribution in [3.05, 3.63) is 0 Å². The van der Waals surface area contributed by atoms with Crippen molar-refractivity contribution in [3.63, 3.8) is 0 Å². The first kappa shape index (κ1) is 29.0. The Bertz CT molecular complexity index is 440. The third-order valence-electron chi connectivity index (χ3n) is 7.64. The van der Waals surface area contributed by atoms with Crippen LogP contribution in [0.1, 0.15) is 173 Å². The van der Waals surface area contributed by atoms with Crippen molar-refractivity contribution in [1.82, 2.24) is 0 Å². The summed E-state index contributed by atoms with van der Waals surface area (Å²) in [6, 6.07) is 4.77. The monoisotopic (exact) mass is 442 g/mol. The summed E-state index contributed by atoms with van der Waals surface area (Å²) in [5.74, 6) is 0. The maximum atomic E-state index is 9.65. The summed E-state index contributed by atoms with van der Waals surface area (Å²) >= 11 is 0. The highest BCUT2D eigenvalue weighted by Crippen LogP contribution is 2.30. The van der Waals surface area contributed by atoms with E-state index in [1.807, 2.05) is 0 Å².